The number of para-hydroxylation sites is 1. The summed E-state index contributed by atoms with van der Waals surface area (Å²) in [5.74, 6) is -0.388. The van der Waals surface area contributed by atoms with Crippen LogP contribution in [-0.2, 0) is 22.4 Å². The molecule has 1 N–H and O–H groups in total. The van der Waals surface area contributed by atoms with Gasteiger partial charge < -0.3 is 10.2 Å². The van der Waals surface area contributed by atoms with E-state index in [4.69, 9.17) is 4.84 Å². The molecule has 1 heterocycles. The van der Waals surface area contributed by atoms with Crippen LogP contribution in [0.15, 0.2) is 53.7 Å². The van der Waals surface area contributed by atoms with E-state index < -0.39 is 17.8 Å². The highest BCUT2D eigenvalue weighted by atomic mass is 19.4. The summed E-state index contributed by atoms with van der Waals surface area (Å²) >= 11 is 0. The molecule has 1 fully saturated rings. The number of hydrogen-bond acceptors (Lipinski definition) is 4. The number of amides is 3. The first-order valence-electron chi connectivity index (χ1n) is 8.30. The molecule has 0 bridgehead atoms. The van der Waals surface area contributed by atoms with Gasteiger partial charge in [0.15, 0.2) is 0 Å². The van der Waals surface area contributed by atoms with Crippen LogP contribution >= 0.6 is 0 Å². The van der Waals surface area contributed by atoms with E-state index in [2.05, 4.69) is 10.5 Å². The average Bonchev–Trinajstić information content (AvgIpc) is 3.00. The Labute approximate surface area is 158 Å². The van der Waals surface area contributed by atoms with E-state index in [1.54, 1.807) is 24.3 Å². The first-order valence-corrected chi connectivity index (χ1v) is 8.30. The number of alkyl halides is 3. The maximum Gasteiger partial charge on any atom is 0.416 e. The van der Waals surface area contributed by atoms with Gasteiger partial charge >= 0.3 is 12.2 Å². The van der Waals surface area contributed by atoms with Gasteiger partial charge in [0.1, 0.15) is 6.61 Å². The van der Waals surface area contributed by atoms with E-state index in [-0.39, 0.29) is 30.3 Å². The lowest BCUT2D eigenvalue weighted by Crippen LogP contribution is -2.31. The third kappa shape index (κ3) is 4.13. The molecular weight excluding hydrogens is 375 g/mol. The average molecular weight is 391 g/mol. The fraction of sp³-hybridized carbons (Fsp3) is 0.211. The van der Waals surface area contributed by atoms with Crippen molar-refractivity contribution in [2.75, 3.05) is 11.4 Å². The van der Waals surface area contributed by atoms with Crippen LogP contribution in [0.2, 0.25) is 0 Å². The Hall–Kier alpha value is -3.36. The monoisotopic (exact) mass is 391 g/mol. The molecule has 0 spiro atoms. The van der Waals surface area contributed by atoms with Crippen molar-refractivity contribution in [2.45, 2.75) is 19.7 Å². The van der Waals surface area contributed by atoms with Crippen LogP contribution in [0.25, 0.3) is 0 Å². The standard InChI is InChI=1S/C19H16F3N3O3/c1-12(13-6-4-7-15(9-13)19(20,21)22)24-28-11-14-5-2-3-8-16(14)25-17(26)10-23-18(25)27/h2-9H,10-11H2,1H3,(H,23,27)/b24-12-. The van der Waals surface area contributed by atoms with Crippen molar-refractivity contribution in [2.24, 2.45) is 5.16 Å². The third-order valence-electron chi connectivity index (χ3n) is 4.11. The number of halogens is 3. The molecule has 0 saturated carbocycles. The fourth-order valence-electron chi connectivity index (χ4n) is 2.69. The number of anilines is 1. The number of urea groups is 1. The number of oxime groups is 1. The van der Waals surface area contributed by atoms with Crippen molar-refractivity contribution in [3.63, 3.8) is 0 Å². The van der Waals surface area contributed by atoms with Crippen LogP contribution in [-0.4, -0.2) is 24.2 Å². The zero-order valence-corrected chi connectivity index (χ0v) is 14.8. The molecule has 9 heteroatoms. The molecule has 1 aliphatic rings. The molecule has 3 amide bonds. The maximum absolute atomic E-state index is 12.8. The highest BCUT2D eigenvalue weighted by molar-refractivity contribution is 6.20. The van der Waals surface area contributed by atoms with Gasteiger partial charge in [-0.15, -0.1) is 0 Å². The normalized spacial score (nSPS) is 15.0. The summed E-state index contributed by atoms with van der Waals surface area (Å²) in [7, 11) is 0. The molecule has 146 valence electrons. The number of benzene rings is 2. The summed E-state index contributed by atoms with van der Waals surface area (Å²) in [5.41, 5.74) is 0.669. The Morgan fingerprint density at radius 2 is 1.93 bits per heavy atom. The van der Waals surface area contributed by atoms with Crippen LogP contribution in [0, 0.1) is 0 Å². The number of carbonyl (C=O) groups excluding carboxylic acids is 2. The topological polar surface area (TPSA) is 71.0 Å². The predicted octanol–water partition coefficient (Wildman–Crippen LogP) is 3.70. The lowest BCUT2D eigenvalue weighted by Gasteiger charge is -2.16. The van der Waals surface area contributed by atoms with E-state index in [9.17, 15) is 22.8 Å². The minimum atomic E-state index is -4.45. The Bertz CT molecular complexity index is 925. The molecule has 28 heavy (non-hydrogen) atoms. The Kier molecular flexibility index (Phi) is 5.34. The fourth-order valence-corrected chi connectivity index (χ4v) is 2.69. The Morgan fingerprint density at radius 1 is 1.18 bits per heavy atom. The van der Waals surface area contributed by atoms with Crippen LogP contribution in [0.1, 0.15) is 23.6 Å². The molecular formula is C19H16F3N3O3. The quantitative estimate of drug-likeness (QED) is 0.480. The second-order valence-electron chi connectivity index (χ2n) is 6.05. The van der Waals surface area contributed by atoms with E-state index in [0.717, 1.165) is 17.0 Å². The summed E-state index contributed by atoms with van der Waals surface area (Å²) in [5, 5.41) is 6.30. The van der Waals surface area contributed by atoms with Gasteiger partial charge in [-0.3, -0.25) is 4.79 Å². The van der Waals surface area contributed by atoms with Crippen LogP contribution in [0.4, 0.5) is 23.7 Å². The van der Waals surface area contributed by atoms with Gasteiger partial charge in [-0.25, -0.2) is 9.69 Å². The van der Waals surface area contributed by atoms with E-state index in [1.165, 1.54) is 19.1 Å². The van der Waals surface area contributed by atoms with Gasteiger partial charge in [0.05, 0.1) is 23.5 Å². The first-order chi connectivity index (χ1) is 13.3. The smallest absolute Gasteiger partial charge is 0.391 e. The van der Waals surface area contributed by atoms with Crippen molar-refractivity contribution in [1.29, 1.82) is 0 Å². The van der Waals surface area contributed by atoms with E-state index >= 15 is 0 Å². The molecule has 0 aromatic heterocycles. The molecule has 2 aromatic carbocycles. The SMILES string of the molecule is C/C(=N/OCc1ccccc1N1C(=O)CNC1=O)c1cccc(C(F)(F)F)c1. The molecule has 3 rings (SSSR count). The number of imide groups is 1. The Morgan fingerprint density at radius 3 is 2.61 bits per heavy atom. The highest BCUT2D eigenvalue weighted by Crippen LogP contribution is 2.29. The van der Waals surface area contributed by atoms with Crippen LogP contribution in [0.5, 0.6) is 0 Å². The molecule has 1 saturated heterocycles. The van der Waals surface area contributed by atoms with Gasteiger partial charge in [0, 0.05) is 5.56 Å². The molecule has 6 nitrogen and oxygen atoms in total. The van der Waals surface area contributed by atoms with Crippen LogP contribution in [0.3, 0.4) is 0 Å². The molecule has 0 atom stereocenters. The van der Waals surface area contributed by atoms with E-state index in [1.807, 2.05) is 0 Å². The molecule has 1 aliphatic heterocycles. The maximum atomic E-state index is 12.8. The minimum absolute atomic E-state index is 0.0659. The number of hydrogen-bond donors (Lipinski definition) is 1. The summed E-state index contributed by atoms with van der Waals surface area (Å²) in [4.78, 5) is 30.0. The molecule has 0 unspecified atom stereocenters. The second kappa shape index (κ2) is 7.71. The van der Waals surface area contributed by atoms with Crippen molar-refractivity contribution in [3.05, 3.63) is 65.2 Å². The summed E-state index contributed by atoms with van der Waals surface area (Å²) < 4.78 is 38.5. The van der Waals surface area contributed by atoms with Crippen molar-refractivity contribution < 1.29 is 27.6 Å². The van der Waals surface area contributed by atoms with E-state index in [0.29, 0.717) is 11.3 Å². The lowest BCUT2D eigenvalue weighted by atomic mass is 10.1. The van der Waals surface area contributed by atoms with Gasteiger partial charge in [-0.1, -0.05) is 35.5 Å². The number of rotatable bonds is 5. The lowest BCUT2D eigenvalue weighted by molar-refractivity contribution is -0.137. The molecule has 0 aliphatic carbocycles. The summed E-state index contributed by atoms with van der Waals surface area (Å²) in [6, 6.07) is 10.9. The van der Waals surface area contributed by atoms with Crippen molar-refractivity contribution in [1.82, 2.24) is 5.32 Å². The zero-order valence-electron chi connectivity index (χ0n) is 14.8. The Balaban J connectivity index is 1.75. The van der Waals surface area contributed by atoms with Gasteiger partial charge in [-0.2, -0.15) is 13.2 Å². The number of nitrogens with one attached hydrogen (secondary N) is 1. The second-order valence-corrected chi connectivity index (χ2v) is 6.05. The molecule has 0 radical (unpaired) electrons. The third-order valence-corrected chi connectivity index (χ3v) is 4.11. The largest absolute Gasteiger partial charge is 0.416 e. The van der Waals surface area contributed by atoms with Crippen LogP contribution < -0.4 is 10.2 Å². The minimum Gasteiger partial charge on any atom is -0.391 e. The number of nitrogens with zero attached hydrogens (tertiary/aromatic N) is 2. The first kappa shape index (κ1) is 19.4. The summed E-state index contributed by atoms with van der Waals surface area (Å²) in [6.45, 7) is 1.38. The summed E-state index contributed by atoms with van der Waals surface area (Å²) in [6.07, 6.45) is -4.45. The van der Waals surface area contributed by atoms with Crippen molar-refractivity contribution >= 4 is 23.3 Å². The van der Waals surface area contributed by atoms with Gasteiger partial charge in [-0.05, 0) is 30.7 Å². The van der Waals surface area contributed by atoms with Crippen molar-refractivity contribution in [3.8, 4) is 0 Å². The zero-order chi connectivity index (χ0) is 20.3. The number of carbonyl (C=O) groups is 2. The predicted molar refractivity (Wildman–Crippen MR) is 95.8 cm³/mol. The van der Waals surface area contributed by atoms with Gasteiger partial charge in [0.2, 0.25) is 0 Å². The molecule has 2 aromatic rings. The highest BCUT2D eigenvalue weighted by Gasteiger charge is 2.32. The van der Waals surface area contributed by atoms with Gasteiger partial charge in [0.25, 0.3) is 5.91 Å².